The molecule has 19 heavy (non-hydrogen) atoms. The molecule has 5 heteroatoms. The van der Waals surface area contributed by atoms with E-state index in [9.17, 15) is 9.59 Å². The molecule has 0 unspecified atom stereocenters. The highest BCUT2D eigenvalue weighted by Gasteiger charge is 2.20. The lowest BCUT2D eigenvalue weighted by atomic mass is 9.96. The second-order valence-corrected chi connectivity index (χ2v) is 5.52. The number of rotatable bonds is 5. The van der Waals surface area contributed by atoms with Crippen LogP contribution in [-0.2, 0) is 4.79 Å². The van der Waals surface area contributed by atoms with Crippen LogP contribution in [0.1, 0.15) is 52.9 Å². The molecule has 2 N–H and O–H groups in total. The van der Waals surface area contributed by atoms with Gasteiger partial charge >= 0.3 is 6.03 Å². The molecule has 110 valence electrons. The summed E-state index contributed by atoms with van der Waals surface area (Å²) in [5, 5.41) is 5.84. The van der Waals surface area contributed by atoms with Crippen molar-refractivity contribution in [2.45, 2.75) is 65.0 Å². The summed E-state index contributed by atoms with van der Waals surface area (Å²) in [4.78, 5) is 25.3. The van der Waals surface area contributed by atoms with E-state index < -0.39 is 0 Å². The van der Waals surface area contributed by atoms with Crippen LogP contribution >= 0.6 is 0 Å². The van der Waals surface area contributed by atoms with Gasteiger partial charge < -0.3 is 15.5 Å². The Morgan fingerprint density at radius 3 is 2.37 bits per heavy atom. The van der Waals surface area contributed by atoms with Crippen molar-refractivity contribution in [1.82, 2.24) is 15.5 Å². The number of likely N-dealkylation sites (N-methyl/N-ethyl adjacent to an activating group) is 1. The maximum Gasteiger partial charge on any atom is 0.318 e. The largest absolute Gasteiger partial charge is 0.352 e. The van der Waals surface area contributed by atoms with Crippen molar-refractivity contribution in [2.75, 3.05) is 13.1 Å². The molecule has 0 aromatic heterocycles. The molecular formula is C14H27N3O2. The van der Waals surface area contributed by atoms with Crippen LogP contribution in [0.2, 0.25) is 0 Å². The average Bonchev–Trinajstić information content (AvgIpc) is 2.36. The lowest BCUT2D eigenvalue weighted by Crippen LogP contribution is -2.49. The first kappa shape index (κ1) is 15.8. The highest BCUT2D eigenvalue weighted by atomic mass is 16.2. The molecule has 0 atom stereocenters. The first-order valence-electron chi connectivity index (χ1n) is 7.37. The minimum atomic E-state index is -0.117. The predicted molar refractivity (Wildman–Crippen MR) is 75.9 cm³/mol. The van der Waals surface area contributed by atoms with Crippen molar-refractivity contribution in [3.05, 3.63) is 0 Å². The van der Waals surface area contributed by atoms with Gasteiger partial charge in [-0.15, -0.1) is 0 Å². The van der Waals surface area contributed by atoms with Crippen LogP contribution < -0.4 is 10.6 Å². The number of nitrogens with one attached hydrogen (secondary N) is 2. The molecule has 1 saturated carbocycles. The standard InChI is InChI=1S/C14H27N3O2/c1-4-17(10-13(18)15-11(2)3)14(19)16-12-8-6-5-7-9-12/h11-12H,4-10H2,1-3H3,(H,15,18)(H,16,19). The fourth-order valence-electron chi connectivity index (χ4n) is 2.38. The van der Waals surface area contributed by atoms with E-state index in [0.29, 0.717) is 6.54 Å². The van der Waals surface area contributed by atoms with Gasteiger partial charge in [0.05, 0.1) is 0 Å². The summed E-state index contributed by atoms with van der Waals surface area (Å²) < 4.78 is 0. The van der Waals surface area contributed by atoms with Crippen LogP contribution in [0.5, 0.6) is 0 Å². The van der Waals surface area contributed by atoms with Gasteiger partial charge in [0.2, 0.25) is 5.91 Å². The number of hydrogen-bond donors (Lipinski definition) is 2. The Morgan fingerprint density at radius 1 is 1.21 bits per heavy atom. The summed E-state index contributed by atoms with van der Waals surface area (Å²) in [6.07, 6.45) is 5.75. The van der Waals surface area contributed by atoms with E-state index in [1.807, 2.05) is 20.8 Å². The van der Waals surface area contributed by atoms with E-state index >= 15 is 0 Å². The fourth-order valence-corrected chi connectivity index (χ4v) is 2.38. The zero-order valence-corrected chi connectivity index (χ0v) is 12.4. The summed E-state index contributed by atoms with van der Waals surface area (Å²) in [5.74, 6) is -0.101. The normalized spacial score (nSPS) is 16.2. The Kier molecular flexibility index (Phi) is 6.67. The molecule has 0 aliphatic heterocycles. The van der Waals surface area contributed by atoms with Gasteiger partial charge in [0.25, 0.3) is 0 Å². The molecular weight excluding hydrogens is 242 g/mol. The topological polar surface area (TPSA) is 61.4 Å². The summed E-state index contributed by atoms with van der Waals surface area (Å²) in [6.45, 7) is 6.40. The Bertz CT molecular complexity index is 299. The van der Waals surface area contributed by atoms with Crippen LogP contribution in [0.25, 0.3) is 0 Å². The second-order valence-electron chi connectivity index (χ2n) is 5.52. The van der Waals surface area contributed by atoms with Gasteiger partial charge in [-0.2, -0.15) is 0 Å². The molecule has 3 amide bonds. The maximum atomic E-state index is 12.1. The first-order chi connectivity index (χ1) is 9.02. The van der Waals surface area contributed by atoms with Gasteiger partial charge in [0, 0.05) is 18.6 Å². The van der Waals surface area contributed by atoms with Gasteiger partial charge in [0.1, 0.15) is 6.54 Å². The molecule has 0 spiro atoms. The van der Waals surface area contributed by atoms with Gasteiger partial charge in [-0.05, 0) is 33.6 Å². The SMILES string of the molecule is CCN(CC(=O)NC(C)C)C(=O)NC1CCCCC1. The number of urea groups is 1. The van der Waals surface area contributed by atoms with E-state index in [0.717, 1.165) is 12.8 Å². The van der Waals surface area contributed by atoms with Crippen LogP contribution in [0.15, 0.2) is 0 Å². The van der Waals surface area contributed by atoms with E-state index in [2.05, 4.69) is 10.6 Å². The number of hydrogen-bond acceptors (Lipinski definition) is 2. The van der Waals surface area contributed by atoms with E-state index in [4.69, 9.17) is 0 Å². The molecule has 0 radical (unpaired) electrons. The highest BCUT2D eigenvalue weighted by molar-refractivity contribution is 5.84. The third-order valence-corrected chi connectivity index (χ3v) is 3.39. The monoisotopic (exact) mass is 269 g/mol. The third-order valence-electron chi connectivity index (χ3n) is 3.39. The number of carbonyl (C=O) groups is 2. The maximum absolute atomic E-state index is 12.1. The van der Waals surface area contributed by atoms with Gasteiger partial charge in [-0.3, -0.25) is 4.79 Å². The number of amides is 3. The molecule has 1 fully saturated rings. The lowest BCUT2D eigenvalue weighted by molar-refractivity contribution is -0.122. The van der Waals surface area contributed by atoms with Crippen molar-refractivity contribution in [3.8, 4) is 0 Å². The Labute approximate surface area is 116 Å². The minimum absolute atomic E-state index is 0.101. The zero-order valence-electron chi connectivity index (χ0n) is 12.4. The lowest BCUT2D eigenvalue weighted by Gasteiger charge is -2.27. The molecule has 0 aromatic carbocycles. The van der Waals surface area contributed by atoms with Gasteiger partial charge in [-0.1, -0.05) is 19.3 Å². The molecule has 0 heterocycles. The predicted octanol–water partition coefficient (Wildman–Crippen LogP) is 1.88. The van der Waals surface area contributed by atoms with E-state index in [-0.39, 0.29) is 30.6 Å². The molecule has 5 nitrogen and oxygen atoms in total. The van der Waals surface area contributed by atoms with E-state index in [1.165, 1.54) is 19.3 Å². The van der Waals surface area contributed by atoms with Crippen LogP contribution in [0.3, 0.4) is 0 Å². The molecule has 0 aromatic rings. The van der Waals surface area contributed by atoms with Crippen molar-refractivity contribution >= 4 is 11.9 Å². The Hall–Kier alpha value is -1.26. The molecule has 1 aliphatic carbocycles. The average molecular weight is 269 g/mol. The van der Waals surface area contributed by atoms with Crippen molar-refractivity contribution < 1.29 is 9.59 Å². The van der Waals surface area contributed by atoms with Crippen LogP contribution in [-0.4, -0.2) is 42.0 Å². The smallest absolute Gasteiger partial charge is 0.318 e. The highest BCUT2D eigenvalue weighted by Crippen LogP contribution is 2.17. The van der Waals surface area contributed by atoms with Crippen LogP contribution in [0.4, 0.5) is 4.79 Å². The molecule has 1 aliphatic rings. The van der Waals surface area contributed by atoms with Crippen molar-refractivity contribution in [2.24, 2.45) is 0 Å². The Balaban J connectivity index is 2.39. The third kappa shape index (κ3) is 5.94. The first-order valence-corrected chi connectivity index (χ1v) is 7.37. The van der Waals surface area contributed by atoms with Gasteiger partial charge in [0.15, 0.2) is 0 Å². The number of nitrogens with zero attached hydrogens (tertiary/aromatic N) is 1. The fraction of sp³-hybridized carbons (Fsp3) is 0.857. The van der Waals surface area contributed by atoms with E-state index in [1.54, 1.807) is 4.90 Å². The minimum Gasteiger partial charge on any atom is -0.352 e. The summed E-state index contributed by atoms with van der Waals surface area (Å²) in [6, 6.07) is 0.268. The zero-order chi connectivity index (χ0) is 14.3. The Morgan fingerprint density at radius 2 is 1.84 bits per heavy atom. The van der Waals surface area contributed by atoms with Crippen molar-refractivity contribution in [3.63, 3.8) is 0 Å². The summed E-state index contributed by atoms with van der Waals surface area (Å²) >= 11 is 0. The van der Waals surface area contributed by atoms with Crippen molar-refractivity contribution in [1.29, 1.82) is 0 Å². The second kappa shape index (κ2) is 8.02. The van der Waals surface area contributed by atoms with Gasteiger partial charge in [-0.25, -0.2) is 4.79 Å². The summed E-state index contributed by atoms with van der Waals surface area (Å²) in [7, 11) is 0. The molecule has 0 saturated heterocycles. The summed E-state index contributed by atoms with van der Waals surface area (Å²) in [5.41, 5.74) is 0. The molecule has 0 bridgehead atoms. The van der Waals surface area contributed by atoms with Crippen LogP contribution in [0, 0.1) is 0 Å². The quantitative estimate of drug-likeness (QED) is 0.800. The number of carbonyl (C=O) groups excluding carboxylic acids is 2. The molecule has 1 rings (SSSR count).